The lowest BCUT2D eigenvalue weighted by atomic mass is 10.1. The molecule has 0 aliphatic rings. The number of rotatable bonds is 2. The first-order chi connectivity index (χ1) is 5.97. The molecule has 0 saturated heterocycles. The Kier molecular flexibility index (Phi) is 2.57. The topological polar surface area (TPSA) is 26.0 Å². The van der Waals surface area contributed by atoms with Crippen molar-refractivity contribution in [2.75, 3.05) is 5.73 Å². The van der Waals surface area contributed by atoms with E-state index >= 15 is 0 Å². The van der Waals surface area contributed by atoms with E-state index in [9.17, 15) is 8.78 Å². The van der Waals surface area contributed by atoms with Gasteiger partial charge in [0.05, 0.1) is 5.02 Å². The van der Waals surface area contributed by atoms with Crippen molar-refractivity contribution in [1.29, 1.82) is 0 Å². The molecule has 0 saturated carbocycles. The first-order valence-electron chi connectivity index (χ1n) is 3.54. The normalized spacial score (nSPS) is 11.3. The zero-order valence-electron chi connectivity index (χ0n) is 6.73. The molecule has 0 bridgehead atoms. The molecular weight excluding hydrogens is 196 g/mol. The highest BCUT2D eigenvalue weighted by Crippen LogP contribution is 2.35. The Morgan fingerprint density at radius 1 is 1.46 bits per heavy atom. The van der Waals surface area contributed by atoms with Gasteiger partial charge in [0, 0.05) is 11.3 Å². The van der Waals surface area contributed by atoms with Crippen LogP contribution in [0.25, 0.3) is 0 Å². The molecular formula is C9H8ClF2N. The summed E-state index contributed by atoms with van der Waals surface area (Å²) in [7, 11) is 0. The van der Waals surface area contributed by atoms with Crippen molar-refractivity contribution in [2.45, 2.75) is 5.92 Å². The van der Waals surface area contributed by atoms with Gasteiger partial charge >= 0.3 is 0 Å². The smallest absolute Gasteiger partial charge is 0.292 e. The van der Waals surface area contributed by atoms with Crippen LogP contribution in [0.15, 0.2) is 30.9 Å². The summed E-state index contributed by atoms with van der Waals surface area (Å²) in [6, 6.07) is 3.94. The van der Waals surface area contributed by atoms with Gasteiger partial charge in [-0.25, -0.2) is 0 Å². The highest BCUT2D eigenvalue weighted by atomic mass is 35.5. The van der Waals surface area contributed by atoms with Crippen LogP contribution >= 0.6 is 11.6 Å². The summed E-state index contributed by atoms with van der Waals surface area (Å²) in [6.45, 7) is 3.03. The fourth-order valence-corrected chi connectivity index (χ4v) is 1.15. The standard InChI is InChI=1S/C9H8ClF2N/c1-2-9(11,12)7-5-6(13)3-4-8(7)10/h2-5H,1,13H2. The van der Waals surface area contributed by atoms with Crippen LogP contribution in [-0.4, -0.2) is 0 Å². The average Bonchev–Trinajstić information content (AvgIpc) is 2.09. The molecule has 0 aromatic heterocycles. The van der Waals surface area contributed by atoms with Crippen LogP contribution in [0.3, 0.4) is 0 Å². The van der Waals surface area contributed by atoms with Crippen molar-refractivity contribution in [2.24, 2.45) is 0 Å². The predicted octanol–water partition coefficient (Wildman–Crippen LogP) is 3.20. The van der Waals surface area contributed by atoms with Crippen LogP contribution in [0, 0.1) is 0 Å². The van der Waals surface area contributed by atoms with E-state index in [2.05, 4.69) is 6.58 Å². The van der Waals surface area contributed by atoms with Crippen LogP contribution in [0.5, 0.6) is 0 Å². The monoisotopic (exact) mass is 203 g/mol. The third kappa shape index (κ3) is 1.98. The first kappa shape index (κ1) is 9.99. The number of benzene rings is 1. The second-order valence-electron chi connectivity index (χ2n) is 2.57. The minimum Gasteiger partial charge on any atom is -0.399 e. The lowest BCUT2D eigenvalue weighted by Crippen LogP contribution is -2.10. The van der Waals surface area contributed by atoms with E-state index in [1.54, 1.807) is 0 Å². The SMILES string of the molecule is C=CC(F)(F)c1cc(N)ccc1Cl. The van der Waals surface area contributed by atoms with E-state index in [-0.39, 0.29) is 16.3 Å². The number of anilines is 1. The molecule has 4 heteroatoms. The third-order valence-electron chi connectivity index (χ3n) is 1.61. The van der Waals surface area contributed by atoms with Gasteiger partial charge < -0.3 is 5.73 Å². The number of nitrogen functional groups attached to an aromatic ring is 1. The molecule has 0 spiro atoms. The van der Waals surface area contributed by atoms with E-state index in [0.717, 1.165) is 6.07 Å². The number of hydrogen-bond donors (Lipinski definition) is 1. The Bertz CT molecular complexity index is 336. The van der Waals surface area contributed by atoms with E-state index in [1.807, 2.05) is 0 Å². The Morgan fingerprint density at radius 3 is 2.62 bits per heavy atom. The van der Waals surface area contributed by atoms with Crippen LogP contribution in [0.1, 0.15) is 5.56 Å². The summed E-state index contributed by atoms with van der Waals surface area (Å²) < 4.78 is 26.1. The number of hydrogen-bond acceptors (Lipinski definition) is 1. The van der Waals surface area contributed by atoms with Gasteiger partial charge in [-0.3, -0.25) is 0 Å². The molecule has 70 valence electrons. The summed E-state index contributed by atoms with van der Waals surface area (Å²) in [4.78, 5) is 0. The summed E-state index contributed by atoms with van der Waals surface area (Å²) in [5, 5.41) is -0.0147. The molecule has 0 heterocycles. The minimum atomic E-state index is -3.13. The van der Waals surface area contributed by atoms with E-state index in [4.69, 9.17) is 17.3 Å². The number of allylic oxidation sites excluding steroid dienone is 1. The van der Waals surface area contributed by atoms with Crippen LogP contribution < -0.4 is 5.73 Å². The molecule has 2 N–H and O–H groups in total. The van der Waals surface area contributed by atoms with E-state index in [1.165, 1.54) is 12.1 Å². The largest absolute Gasteiger partial charge is 0.399 e. The van der Waals surface area contributed by atoms with Gasteiger partial charge in [-0.2, -0.15) is 8.78 Å². The first-order valence-corrected chi connectivity index (χ1v) is 3.92. The summed E-state index contributed by atoms with van der Waals surface area (Å²) in [5.74, 6) is -3.13. The minimum absolute atomic E-state index is 0.0147. The summed E-state index contributed by atoms with van der Waals surface area (Å²) in [5.41, 5.74) is 5.29. The van der Waals surface area contributed by atoms with Crippen molar-refractivity contribution in [3.63, 3.8) is 0 Å². The molecule has 0 aliphatic carbocycles. The highest BCUT2D eigenvalue weighted by Gasteiger charge is 2.29. The van der Waals surface area contributed by atoms with Crippen LogP contribution in [-0.2, 0) is 5.92 Å². The molecule has 1 nitrogen and oxygen atoms in total. The maximum absolute atomic E-state index is 13.1. The molecule has 0 radical (unpaired) electrons. The molecule has 0 atom stereocenters. The average molecular weight is 204 g/mol. The van der Waals surface area contributed by atoms with Gasteiger partial charge in [0.25, 0.3) is 5.92 Å². The molecule has 1 rings (SSSR count). The van der Waals surface area contributed by atoms with Crippen molar-refractivity contribution < 1.29 is 8.78 Å². The van der Waals surface area contributed by atoms with Gasteiger partial charge in [0.2, 0.25) is 0 Å². The molecule has 0 unspecified atom stereocenters. The van der Waals surface area contributed by atoms with Crippen LogP contribution in [0.4, 0.5) is 14.5 Å². The van der Waals surface area contributed by atoms with Gasteiger partial charge in [0.15, 0.2) is 0 Å². The van der Waals surface area contributed by atoms with Crippen LogP contribution in [0.2, 0.25) is 5.02 Å². The zero-order chi connectivity index (χ0) is 10.1. The summed E-state index contributed by atoms with van der Waals surface area (Å²) >= 11 is 5.58. The molecule has 0 aliphatic heterocycles. The van der Waals surface area contributed by atoms with Crippen molar-refractivity contribution in [3.05, 3.63) is 41.4 Å². The van der Waals surface area contributed by atoms with Crippen molar-refractivity contribution in [1.82, 2.24) is 0 Å². The summed E-state index contributed by atoms with van der Waals surface area (Å²) in [6.07, 6.45) is 0.535. The Hall–Kier alpha value is -1.09. The maximum atomic E-state index is 13.1. The highest BCUT2D eigenvalue weighted by molar-refractivity contribution is 6.31. The maximum Gasteiger partial charge on any atom is 0.292 e. The van der Waals surface area contributed by atoms with Crippen molar-refractivity contribution in [3.8, 4) is 0 Å². The molecule has 13 heavy (non-hydrogen) atoms. The molecule has 1 aromatic carbocycles. The molecule has 0 fully saturated rings. The zero-order valence-corrected chi connectivity index (χ0v) is 7.48. The lowest BCUT2D eigenvalue weighted by molar-refractivity contribution is 0.0527. The number of nitrogens with two attached hydrogens (primary N) is 1. The lowest BCUT2D eigenvalue weighted by Gasteiger charge is -2.13. The van der Waals surface area contributed by atoms with Crippen molar-refractivity contribution >= 4 is 17.3 Å². The van der Waals surface area contributed by atoms with Gasteiger partial charge in [-0.1, -0.05) is 18.2 Å². The fourth-order valence-electron chi connectivity index (χ4n) is 0.908. The fraction of sp³-hybridized carbons (Fsp3) is 0.111. The van der Waals surface area contributed by atoms with E-state index in [0.29, 0.717) is 6.08 Å². The Morgan fingerprint density at radius 2 is 2.08 bits per heavy atom. The number of alkyl halides is 2. The molecule has 0 amide bonds. The van der Waals surface area contributed by atoms with Gasteiger partial charge in [-0.15, -0.1) is 0 Å². The number of halogens is 3. The Balaban J connectivity index is 3.28. The Labute approximate surface area is 79.8 Å². The second kappa shape index (κ2) is 3.34. The molecule has 1 aromatic rings. The van der Waals surface area contributed by atoms with Gasteiger partial charge in [0.1, 0.15) is 0 Å². The van der Waals surface area contributed by atoms with Gasteiger partial charge in [-0.05, 0) is 24.3 Å². The predicted molar refractivity (Wildman–Crippen MR) is 50.0 cm³/mol. The van der Waals surface area contributed by atoms with E-state index < -0.39 is 5.92 Å². The quantitative estimate of drug-likeness (QED) is 0.580. The second-order valence-corrected chi connectivity index (χ2v) is 2.97. The third-order valence-corrected chi connectivity index (χ3v) is 1.94.